The van der Waals surface area contributed by atoms with E-state index < -0.39 is 0 Å². The largest absolute Gasteiger partial charge is 0.309 e. The number of hydrazone groups is 1. The van der Waals surface area contributed by atoms with E-state index in [1.54, 1.807) is 27.7 Å². The topological polar surface area (TPSA) is 63.4 Å². The van der Waals surface area contributed by atoms with Gasteiger partial charge < -0.3 is 4.57 Å². The number of nitrogens with zero attached hydrogens (tertiary/aromatic N) is 5. The molecular formula is C17H17N5OS3. The molecule has 0 saturated carbocycles. The minimum atomic E-state index is -0.0265. The molecule has 6 nitrogen and oxygen atoms in total. The van der Waals surface area contributed by atoms with Crippen molar-refractivity contribution in [2.45, 2.75) is 24.5 Å². The van der Waals surface area contributed by atoms with Crippen LogP contribution >= 0.6 is 34.4 Å². The van der Waals surface area contributed by atoms with E-state index in [0.717, 1.165) is 32.9 Å². The van der Waals surface area contributed by atoms with Crippen LogP contribution in [0.15, 0.2) is 45.3 Å². The number of aryl methyl sites for hydroxylation is 1. The van der Waals surface area contributed by atoms with E-state index in [1.165, 1.54) is 11.8 Å². The van der Waals surface area contributed by atoms with Crippen molar-refractivity contribution in [2.75, 3.05) is 5.75 Å². The molecule has 0 aliphatic carbocycles. The second kappa shape index (κ2) is 7.34. The molecule has 9 heteroatoms. The standard InChI is InChI=1S/C17H17N5OS3/c1-11-18-19-17(21(11)2)26-10-16(23)22-13(15-6-4-8-25-15)9-12(20-22)14-5-3-7-24-14/h3-8,13H,9-10H2,1-2H3/t13-/m1/s1. The van der Waals surface area contributed by atoms with Gasteiger partial charge in [0.05, 0.1) is 22.4 Å². The van der Waals surface area contributed by atoms with E-state index >= 15 is 0 Å². The smallest absolute Gasteiger partial charge is 0.253 e. The van der Waals surface area contributed by atoms with Gasteiger partial charge in [-0.15, -0.1) is 32.9 Å². The van der Waals surface area contributed by atoms with Gasteiger partial charge in [-0.2, -0.15) is 5.10 Å². The van der Waals surface area contributed by atoms with Gasteiger partial charge in [0.2, 0.25) is 0 Å². The molecule has 0 spiro atoms. The lowest BCUT2D eigenvalue weighted by Gasteiger charge is -2.20. The first kappa shape index (κ1) is 17.4. The predicted molar refractivity (Wildman–Crippen MR) is 106 cm³/mol. The highest BCUT2D eigenvalue weighted by atomic mass is 32.2. The fourth-order valence-corrected chi connectivity index (χ4v) is 5.08. The first-order valence-corrected chi connectivity index (χ1v) is 10.8. The number of carbonyl (C=O) groups is 1. The van der Waals surface area contributed by atoms with Crippen LogP contribution < -0.4 is 0 Å². The fraction of sp³-hybridized carbons (Fsp3) is 0.294. The number of hydrogen-bond acceptors (Lipinski definition) is 7. The van der Waals surface area contributed by atoms with Gasteiger partial charge in [0.1, 0.15) is 5.82 Å². The van der Waals surface area contributed by atoms with Crippen LogP contribution in [0.4, 0.5) is 0 Å². The molecule has 0 fully saturated rings. The van der Waals surface area contributed by atoms with Crippen LogP contribution in [0, 0.1) is 6.92 Å². The molecule has 0 N–H and O–H groups in total. The van der Waals surface area contributed by atoms with Crippen molar-refractivity contribution < 1.29 is 4.79 Å². The Bertz CT molecular complexity index is 930. The van der Waals surface area contributed by atoms with Crippen LogP contribution in [-0.2, 0) is 11.8 Å². The van der Waals surface area contributed by atoms with Crippen LogP contribution in [0.2, 0.25) is 0 Å². The van der Waals surface area contributed by atoms with Crippen molar-refractivity contribution >= 4 is 46.1 Å². The third-order valence-electron chi connectivity index (χ3n) is 4.22. The Labute approximate surface area is 163 Å². The predicted octanol–water partition coefficient (Wildman–Crippen LogP) is 3.72. The van der Waals surface area contributed by atoms with Crippen molar-refractivity contribution in [1.29, 1.82) is 0 Å². The Morgan fingerprint density at radius 1 is 1.27 bits per heavy atom. The Morgan fingerprint density at radius 3 is 2.73 bits per heavy atom. The van der Waals surface area contributed by atoms with Gasteiger partial charge in [-0.1, -0.05) is 23.9 Å². The van der Waals surface area contributed by atoms with Crippen LogP contribution in [-0.4, -0.2) is 37.1 Å². The van der Waals surface area contributed by atoms with Gasteiger partial charge in [0.25, 0.3) is 5.91 Å². The van der Waals surface area contributed by atoms with E-state index in [2.05, 4.69) is 27.4 Å². The molecule has 4 rings (SSSR count). The highest BCUT2D eigenvalue weighted by molar-refractivity contribution is 7.99. The van der Waals surface area contributed by atoms with Crippen molar-refractivity contribution in [1.82, 2.24) is 19.8 Å². The average molecular weight is 404 g/mol. The Hall–Kier alpha value is -1.97. The molecule has 26 heavy (non-hydrogen) atoms. The second-order valence-electron chi connectivity index (χ2n) is 5.88. The minimum Gasteiger partial charge on any atom is -0.309 e. The van der Waals surface area contributed by atoms with Crippen molar-refractivity contribution in [3.8, 4) is 0 Å². The average Bonchev–Trinajstić information content (AvgIpc) is 3.42. The summed E-state index contributed by atoms with van der Waals surface area (Å²) in [5.41, 5.74) is 0.978. The Balaban J connectivity index is 1.54. The van der Waals surface area contributed by atoms with E-state index in [-0.39, 0.29) is 17.7 Å². The maximum absolute atomic E-state index is 12.9. The molecule has 1 amide bonds. The van der Waals surface area contributed by atoms with Gasteiger partial charge in [-0.3, -0.25) is 4.79 Å². The Morgan fingerprint density at radius 2 is 2.08 bits per heavy atom. The molecule has 1 aliphatic rings. The summed E-state index contributed by atoms with van der Waals surface area (Å²) in [6.45, 7) is 1.89. The number of carbonyl (C=O) groups excluding carboxylic acids is 1. The SMILES string of the molecule is Cc1nnc(SCC(=O)N2N=C(c3cccs3)C[C@@H]2c2cccs2)n1C. The zero-order valence-electron chi connectivity index (χ0n) is 14.3. The number of thioether (sulfide) groups is 1. The van der Waals surface area contributed by atoms with Crippen LogP contribution in [0.25, 0.3) is 0 Å². The molecule has 0 saturated heterocycles. The van der Waals surface area contributed by atoms with Crippen molar-refractivity contribution in [3.05, 3.63) is 50.6 Å². The monoisotopic (exact) mass is 403 g/mol. The maximum Gasteiger partial charge on any atom is 0.253 e. The number of hydrogen-bond donors (Lipinski definition) is 0. The lowest BCUT2D eigenvalue weighted by molar-refractivity contribution is -0.130. The quantitative estimate of drug-likeness (QED) is 0.609. The summed E-state index contributed by atoms with van der Waals surface area (Å²) in [6, 6.07) is 8.13. The molecule has 3 aromatic rings. The molecule has 134 valence electrons. The fourth-order valence-electron chi connectivity index (χ4n) is 2.74. The third kappa shape index (κ3) is 3.34. The first-order chi connectivity index (χ1) is 12.6. The van der Waals surface area contributed by atoms with Gasteiger partial charge in [-0.25, -0.2) is 5.01 Å². The van der Waals surface area contributed by atoms with Gasteiger partial charge in [-0.05, 0) is 29.8 Å². The second-order valence-corrected chi connectivity index (χ2v) is 8.74. The summed E-state index contributed by atoms with van der Waals surface area (Å²) in [4.78, 5) is 15.2. The molecular weight excluding hydrogens is 386 g/mol. The highest BCUT2D eigenvalue weighted by Crippen LogP contribution is 2.36. The summed E-state index contributed by atoms with van der Waals surface area (Å²) >= 11 is 4.72. The molecule has 0 unspecified atom stereocenters. The minimum absolute atomic E-state index is 0.0133. The normalized spacial score (nSPS) is 16.9. The van der Waals surface area contributed by atoms with E-state index in [4.69, 9.17) is 0 Å². The zero-order valence-corrected chi connectivity index (χ0v) is 16.8. The molecule has 4 heterocycles. The number of rotatable bonds is 5. The van der Waals surface area contributed by atoms with Gasteiger partial charge >= 0.3 is 0 Å². The van der Waals surface area contributed by atoms with Crippen LogP contribution in [0.3, 0.4) is 0 Å². The summed E-state index contributed by atoms with van der Waals surface area (Å²) in [6.07, 6.45) is 0.750. The van der Waals surface area contributed by atoms with Crippen molar-refractivity contribution in [2.24, 2.45) is 12.1 Å². The molecule has 0 bridgehead atoms. The molecule has 0 aromatic carbocycles. The molecule has 0 radical (unpaired) electrons. The lowest BCUT2D eigenvalue weighted by Crippen LogP contribution is -2.28. The molecule has 1 atom stereocenters. The number of aromatic nitrogens is 3. The van der Waals surface area contributed by atoms with E-state index in [0.29, 0.717) is 0 Å². The summed E-state index contributed by atoms with van der Waals surface area (Å²) in [7, 11) is 1.90. The Kier molecular flexibility index (Phi) is 4.92. The summed E-state index contributed by atoms with van der Waals surface area (Å²) < 4.78 is 1.89. The first-order valence-electron chi connectivity index (χ1n) is 8.09. The summed E-state index contributed by atoms with van der Waals surface area (Å²) in [5.74, 6) is 1.10. The lowest BCUT2D eigenvalue weighted by atomic mass is 10.1. The third-order valence-corrected chi connectivity index (χ3v) is 7.12. The number of thiophene rings is 2. The highest BCUT2D eigenvalue weighted by Gasteiger charge is 2.34. The van der Waals surface area contributed by atoms with E-state index in [1.807, 2.05) is 41.4 Å². The van der Waals surface area contributed by atoms with E-state index in [9.17, 15) is 4.79 Å². The summed E-state index contributed by atoms with van der Waals surface area (Å²) in [5, 5.41) is 19.3. The zero-order chi connectivity index (χ0) is 18.1. The van der Waals surface area contributed by atoms with Crippen molar-refractivity contribution in [3.63, 3.8) is 0 Å². The van der Waals surface area contributed by atoms with Crippen LogP contribution in [0.1, 0.15) is 28.0 Å². The van der Waals surface area contributed by atoms with Gasteiger partial charge in [0, 0.05) is 18.3 Å². The molecule has 3 aromatic heterocycles. The van der Waals surface area contributed by atoms with Gasteiger partial charge in [0.15, 0.2) is 5.16 Å². The maximum atomic E-state index is 12.9. The number of amides is 1. The van der Waals surface area contributed by atoms with Crippen LogP contribution in [0.5, 0.6) is 0 Å². The molecule has 1 aliphatic heterocycles.